The number of fused-ring (bicyclic) bond motifs is 2. The Morgan fingerprint density at radius 2 is 1.84 bits per heavy atom. The van der Waals surface area contributed by atoms with Crippen LogP contribution in [0.1, 0.15) is 36.0 Å². The number of rotatable bonds is 11. The average Bonchev–Trinajstić information content (AvgIpc) is 3.13. The van der Waals surface area contributed by atoms with Gasteiger partial charge in [-0.15, -0.1) is 0 Å². The molecular formula is C34H40N4O6. The van der Waals surface area contributed by atoms with Gasteiger partial charge in [0, 0.05) is 50.2 Å². The molecule has 2 amide bonds. The summed E-state index contributed by atoms with van der Waals surface area (Å²) in [5.74, 6) is -1.87. The van der Waals surface area contributed by atoms with Crippen molar-refractivity contribution in [2.24, 2.45) is 5.92 Å². The van der Waals surface area contributed by atoms with E-state index in [1.54, 1.807) is 12.4 Å². The molecule has 1 aliphatic heterocycles. The molecule has 0 saturated heterocycles. The van der Waals surface area contributed by atoms with Gasteiger partial charge in [-0.3, -0.25) is 19.4 Å². The summed E-state index contributed by atoms with van der Waals surface area (Å²) in [4.78, 5) is 42.3. The number of hydrogen-bond acceptors (Lipinski definition) is 6. The molecule has 44 heavy (non-hydrogen) atoms. The third-order valence-electron chi connectivity index (χ3n) is 7.25. The first kappa shape index (κ1) is 32.2. The van der Waals surface area contributed by atoms with E-state index in [-0.39, 0.29) is 18.7 Å². The van der Waals surface area contributed by atoms with Gasteiger partial charge >= 0.3 is 5.97 Å². The number of carboxylic acid groups (broad SMARTS) is 1. The predicted octanol–water partition coefficient (Wildman–Crippen LogP) is 3.87. The minimum atomic E-state index is -1.06. The summed E-state index contributed by atoms with van der Waals surface area (Å²) in [6.45, 7) is 2.23. The van der Waals surface area contributed by atoms with E-state index in [0.29, 0.717) is 52.2 Å². The first-order chi connectivity index (χ1) is 21.5. The van der Waals surface area contributed by atoms with Crippen LogP contribution in [-0.2, 0) is 45.1 Å². The Labute approximate surface area is 257 Å². The van der Waals surface area contributed by atoms with Gasteiger partial charge in [-0.05, 0) is 66.3 Å². The molecule has 10 heteroatoms. The second-order valence-corrected chi connectivity index (χ2v) is 10.7. The maximum atomic E-state index is 13.4. The maximum absolute atomic E-state index is 13.4. The fraction of sp³-hybridized carbons (Fsp3) is 0.353. The number of ether oxygens (including phenoxy) is 2. The Morgan fingerprint density at radius 3 is 2.64 bits per heavy atom. The van der Waals surface area contributed by atoms with E-state index in [9.17, 15) is 19.5 Å². The summed E-state index contributed by atoms with van der Waals surface area (Å²) in [5, 5.41) is 15.2. The van der Waals surface area contributed by atoms with Crippen molar-refractivity contribution in [3.8, 4) is 5.75 Å². The number of pyridine rings is 1. The van der Waals surface area contributed by atoms with E-state index in [0.717, 1.165) is 22.4 Å². The molecule has 2 bridgehead atoms. The van der Waals surface area contributed by atoms with Crippen molar-refractivity contribution in [1.29, 1.82) is 0 Å². The van der Waals surface area contributed by atoms with E-state index >= 15 is 0 Å². The molecule has 0 saturated carbocycles. The number of hydrogen-bond donors (Lipinski definition) is 3. The van der Waals surface area contributed by atoms with Crippen LogP contribution in [-0.4, -0.2) is 58.2 Å². The molecule has 3 heterocycles. The largest absolute Gasteiger partial charge is 0.489 e. The number of benzene rings is 1. The van der Waals surface area contributed by atoms with Gasteiger partial charge in [-0.25, -0.2) is 0 Å². The van der Waals surface area contributed by atoms with E-state index in [2.05, 4.69) is 15.6 Å². The van der Waals surface area contributed by atoms with Crippen LogP contribution in [0.3, 0.4) is 0 Å². The highest BCUT2D eigenvalue weighted by Gasteiger charge is 2.27. The number of nitrogens with zero attached hydrogens (tertiary/aromatic N) is 2. The van der Waals surface area contributed by atoms with Crippen molar-refractivity contribution >= 4 is 17.8 Å². The van der Waals surface area contributed by atoms with Crippen molar-refractivity contribution in [3.63, 3.8) is 0 Å². The van der Waals surface area contributed by atoms with Crippen LogP contribution in [0.15, 0.2) is 91.5 Å². The molecule has 0 fully saturated rings. The minimum absolute atomic E-state index is 0.252. The van der Waals surface area contributed by atoms with Crippen molar-refractivity contribution in [3.05, 3.63) is 108 Å². The Kier molecular flexibility index (Phi) is 12.8. The number of aromatic nitrogens is 2. The van der Waals surface area contributed by atoms with E-state index in [4.69, 9.17) is 9.47 Å². The van der Waals surface area contributed by atoms with Crippen molar-refractivity contribution in [1.82, 2.24) is 20.2 Å². The van der Waals surface area contributed by atoms with Gasteiger partial charge in [0.05, 0.1) is 19.6 Å². The Bertz CT molecular complexity index is 1410. The zero-order valence-electron chi connectivity index (χ0n) is 24.8. The first-order valence-corrected chi connectivity index (χ1v) is 14.9. The Balaban J connectivity index is 1.38. The van der Waals surface area contributed by atoms with Gasteiger partial charge in [0.25, 0.3) is 0 Å². The van der Waals surface area contributed by atoms with Crippen LogP contribution in [0.2, 0.25) is 0 Å². The molecule has 10 nitrogen and oxygen atoms in total. The smallest absolute Gasteiger partial charge is 0.304 e. The quantitative estimate of drug-likeness (QED) is 0.304. The normalized spacial score (nSPS) is 15.8. The number of aryl methyl sites for hydroxylation is 1. The molecule has 1 aromatic carbocycles. The van der Waals surface area contributed by atoms with Crippen molar-refractivity contribution in [2.45, 2.75) is 51.3 Å². The number of carboxylic acids is 1. The molecule has 2 atom stereocenters. The monoisotopic (exact) mass is 600 g/mol. The lowest BCUT2D eigenvalue weighted by Gasteiger charge is -2.22. The van der Waals surface area contributed by atoms with Gasteiger partial charge in [-0.2, -0.15) is 0 Å². The third kappa shape index (κ3) is 11.2. The fourth-order valence-electron chi connectivity index (χ4n) is 4.89. The van der Waals surface area contributed by atoms with Crippen LogP contribution < -0.4 is 15.4 Å². The summed E-state index contributed by atoms with van der Waals surface area (Å²) in [6, 6.07) is 20.2. The van der Waals surface area contributed by atoms with Crippen LogP contribution in [0.5, 0.6) is 5.75 Å². The topological polar surface area (TPSA) is 132 Å². The minimum Gasteiger partial charge on any atom is -0.489 e. The van der Waals surface area contributed by atoms with E-state index < -0.39 is 23.8 Å². The van der Waals surface area contributed by atoms with Gasteiger partial charge < -0.3 is 29.8 Å². The van der Waals surface area contributed by atoms with Gasteiger partial charge in [-0.1, -0.05) is 36.4 Å². The average molecular weight is 601 g/mol. The highest BCUT2D eigenvalue weighted by atomic mass is 16.5. The zero-order valence-corrected chi connectivity index (χ0v) is 24.8. The van der Waals surface area contributed by atoms with Gasteiger partial charge in [0.15, 0.2) is 0 Å². The van der Waals surface area contributed by atoms with Crippen LogP contribution >= 0.6 is 0 Å². The summed E-state index contributed by atoms with van der Waals surface area (Å²) < 4.78 is 13.5. The van der Waals surface area contributed by atoms with Gasteiger partial charge in [0.1, 0.15) is 18.4 Å². The SMILES string of the molecule is O=C(O)C[C@@H](CCCc1ccc(OCc2ccncc2)cc1)C(=O)NC1Cc2ccccccn(c2)CCOCCNC1=O. The summed E-state index contributed by atoms with van der Waals surface area (Å²) in [5.41, 5.74) is 2.92. The van der Waals surface area contributed by atoms with Crippen LogP contribution in [0, 0.1) is 5.92 Å². The second kappa shape index (κ2) is 17.4. The van der Waals surface area contributed by atoms with Crippen molar-refractivity contribution < 1.29 is 29.0 Å². The lowest BCUT2D eigenvalue weighted by molar-refractivity contribution is -0.141. The number of aliphatic carboxylic acids is 1. The molecule has 3 N–H and O–H groups in total. The lowest BCUT2D eigenvalue weighted by Crippen LogP contribution is -2.50. The zero-order chi connectivity index (χ0) is 31.0. The molecule has 0 spiro atoms. The lowest BCUT2D eigenvalue weighted by atomic mass is 9.95. The van der Waals surface area contributed by atoms with Crippen molar-refractivity contribution in [2.75, 3.05) is 19.8 Å². The molecular weight excluding hydrogens is 560 g/mol. The Hall–Kier alpha value is -4.70. The van der Waals surface area contributed by atoms with E-state index in [1.165, 1.54) is 0 Å². The standard InChI is InChI=1S/C34H40N4O6/c39-32(40)23-29(8-5-7-26-9-11-30(12-10-26)44-25-27-13-15-35-16-14-27)33(41)37-31-22-28-6-3-1-2-4-18-38(24-28)19-21-43-20-17-36-34(31)42/h1-4,6,9-16,18,24,29,31H,5,7-8,17,19-23,25H2,(H,36,42)(H,37,41)(H,39,40)/t29-,31?/m1/s1. The molecule has 0 aliphatic carbocycles. The molecule has 2 aromatic heterocycles. The molecule has 4 rings (SSSR count). The fourth-order valence-corrected chi connectivity index (χ4v) is 4.89. The second-order valence-electron chi connectivity index (χ2n) is 10.7. The van der Waals surface area contributed by atoms with E-state index in [1.807, 2.05) is 83.7 Å². The summed E-state index contributed by atoms with van der Waals surface area (Å²) in [6.07, 6.45) is 8.90. The third-order valence-corrected chi connectivity index (χ3v) is 7.25. The predicted molar refractivity (Wildman–Crippen MR) is 165 cm³/mol. The maximum Gasteiger partial charge on any atom is 0.304 e. The molecule has 3 aromatic rings. The number of amides is 2. The van der Waals surface area contributed by atoms with Crippen LogP contribution in [0.4, 0.5) is 0 Å². The molecule has 0 radical (unpaired) electrons. The molecule has 1 aliphatic rings. The van der Waals surface area contributed by atoms with Crippen LogP contribution in [0.25, 0.3) is 0 Å². The summed E-state index contributed by atoms with van der Waals surface area (Å²) >= 11 is 0. The highest BCUT2D eigenvalue weighted by molar-refractivity contribution is 5.90. The first-order valence-electron chi connectivity index (χ1n) is 14.9. The number of carbonyl (C=O) groups excluding carboxylic acids is 2. The molecule has 1 unspecified atom stereocenters. The summed E-state index contributed by atoms with van der Waals surface area (Å²) in [7, 11) is 0. The molecule has 232 valence electrons. The highest BCUT2D eigenvalue weighted by Crippen LogP contribution is 2.19. The Morgan fingerprint density at radius 1 is 1.05 bits per heavy atom. The van der Waals surface area contributed by atoms with Gasteiger partial charge in [0.2, 0.25) is 11.8 Å². The number of nitrogens with one attached hydrogen (secondary N) is 2. The number of carbonyl (C=O) groups is 3.